The second kappa shape index (κ2) is 3.60. The van der Waals surface area contributed by atoms with E-state index in [2.05, 4.69) is 9.97 Å². The summed E-state index contributed by atoms with van der Waals surface area (Å²) >= 11 is 0. The van der Waals surface area contributed by atoms with Crippen LogP contribution in [0.1, 0.15) is 11.7 Å². The van der Waals surface area contributed by atoms with Crippen LogP contribution in [0.2, 0.25) is 0 Å². The van der Waals surface area contributed by atoms with Crippen molar-refractivity contribution in [2.24, 2.45) is 0 Å². The molecule has 4 nitrogen and oxygen atoms in total. The van der Waals surface area contributed by atoms with Gasteiger partial charge in [0.2, 0.25) is 6.17 Å². The Labute approximate surface area is 76.4 Å². The van der Waals surface area contributed by atoms with Gasteiger partial charge < -0.3 is 5.11 Å². The fourth-order valence-corrected chi connectivity index (χ4v) is 0.759. The van der Waals surface area contributed by atoms with E-state index >= 15 is 0 Å². The van der Waals surface area contributed by atoms with Crippen LogP contribution in [0.5, 0.6) is 0 Å². The van der Waals surface area contributed by atoms with Crippen LogP contribution in [-0.4, -0.2) is 27.0 Å². The standard InChI is InChI=1S/C7H5F3N2O2/c8-5(7(9,10)6(13)14)4-1-11-3-12-2-4/h1-3,5H,(H,13,14). The molecular weight excluding hydrogens is 201 g/mol. The molecule has 0 spiro atoms. The van der Waals surface area contributed by atoms with Gasteiger partial charge in [-0.3, -0.25) is 0 Å². The lowest BCUT2D eigenvalue weighted by molar-refractivity contribution is -0.175. The zero-order valence-corrected chi connectivity index (χ0v) is 6.69. The van der Waals surface area contributed by atoms with Gasteiger partial charge in [-0.2, -0.15) is 8.78 Å². The smallest absolute Gasteiger partial charge is 0.378 e. The van der Waals surface area contributed by atoms with Crippen molar-refractivity contribution in [1.29, 1.82) is 0 Å². The molecule has 1 rings (SSSR count). The van der Waals surface area contributed by atoms with Crippen molar-refractivity contribution in [3.63, 3.8) is 0 Å². The number of aromatic nitrogens is 2. The van der Waals surface area contributed by atoms with Gasteiger partial charge >= 0.3 is 11.9 Å². The minimum atomic E-state index is -4.47. The van der Waals surface area contributed by atoms with Gasteiger partial charge in [0.15, 0.2) is 0 Å². The zero-order chi connectivity index (χ0) is 10.8. The summed E-state index contributed by atoms with van der Waals surface area (Å²) in [6, 6.07) is 0. The maximum atomic E-state index is 13.0. The van der Waals surface area contributed by atoms with E-state index in [1.165, 1.54) is 0 Å². The molecule has 0 aliphatic carbocycles. The van der Waals surface area contributed by atoms with Crippen molar-refractivity contribution in [3.8, 4) is 0 Å². The van der Waals surface area contributed by atoms with Gasteiger partial charge in [0.1, 0.15) is 6.33 Å². The number of aliphatic carboxylic acids is 1. The quantitative estimate of drug-likeness (QED) is 0.807. The highest BCUT2D eigenvalue weighted by molar-refractivity contribution is 5.76. The van der Waals surface area contributed by atoms with Crippen LogP contribution in [-0.2, 0) is 4.79 Å². The molecule has 0 fully saturated rings. The fourth-order valence-electron chi connectivity index (χ4n) is 0.759. The Morgan fingerprint density at radius 1 is 1.43 bits per heavy atom. The number of hydrogen-bond acceptors (Lipinski definition) is 3. The van der Waals surface area contributed by atoms with Crippen molar-refractivity contribution in [3.05, 3.63) is 24.3 Å². The lowest BCUT2D eigenvalue weighted by Gasteiger charge is -2.15. The Kier molecular flexibility index (Phi) is 2.68. The molecule has 0 bridgehead atoms. The van der Waals surface area contributed by atoms with Gasteiger partial charge in [-0.15, -0.1) is 0 Å². The predicted octanol–water partition coefficient (Wildman–Crippen LogP) is 1.21. The van der Waals surface area contributed by atoms with Gasteiger partial charge in [-0.25, -0.2) is 19.2 Å². The Morgan fingerprint density at radius 3 is 2.36 bits per heavy atom. The van der Waals surface area contributed by atoms with Crippen LogP contribution in [0.4, 0.5) is 13.2 Å². The molecular formula is C7H5F3N2O2. The van der Waals surface area contributed by atoms with Gasteiger partial charge in [0.05, 0.1) is 0 Å². The number of halogens is 3. The van der Waals surface area contributed by atoms with Crippen LogP contribution < -0.4 is 0 Å². The van der Waals surface area contributed by atoms with Crippen LogP contribution >= 0.6 is 0 Å². The third kappa shape index (κ3) is 1.81. The number of nitrogens with zero attached hydrogens (tertiary/aromatic N) is 2. The summed E-state index contributed by atoms with van der Waals surface area (Å²) in [6.07, 6.45) is -0.320. The highest BCUT2D eigenvalue weighted by Gasteiger charge is 2.49. The molecule has 76 valence electrons. The first-order valence-corrected chi connectivity index (χ1v) is 3.46. The summed E-state index contributed by atoms with van der Waals surface area (Å²) in [5.41, 5.74) is -0.570. The molecule has 1 N–H and O–H groups in total. The van der Waals surface area contributed by atoms with E-state index in [0.717, 1.165) is 18.7 Å². The summed E-state index contributed by atoms with van der Waals surface area (Å²) in [5.74, 6) is -6.99. The second-order valence-electron chi connectivity index (χ2n) is 2.46. The molecule has 0 aliphatic heterocycles. The lowest BCUT2D eigenvalue weighted by Crippen LogP contribution is -2.33. The summed E-state index contributed by atoms with van der Waals surface area (Å²) in [7, 11) is 0. The van der Waals surface area contributed by atoms with Crippen molar-refractivity contribution >= 4 is 5.97 Å². The first-order chi connectivity index (χ1) is 6.46. The number of hydrogen-bond donors (Lipinski definition) is 1. The number of carboxylic acid groups (broad SMARTS) is 1. The van der Waals surface area contributed by atoms with Crippen LogP contribution in [0.3, 0.4) is 0 Å². The van der Waals surface area contributed by atoms with Gasteiger partial charge in [0.25, 0.3) is 0 Å². The molecule has 1 aromatic heterocycles. The maximum absolute atomic E-state index is 13.0. The van der Waals surface area contributed by atoms with Crippen LogP contribution in [0.25, 0.3) is 0 Å². The first-order valence-electron chi connectivity index (χ1n) is 3.46. The zero-order valence-electron chi connectivity index (χ0n) is 6.69. The van der Waals surface area contributed by atoms with Gasteiger partial charge in [0, 0.05) is 18.0 Å². The molecule has 0 radical (unpaired) electrons. The number of carboxylic acids is 1. The Balaban J connectivity index is 2.96. The highest BCUT2D eigenvalue weighted by atomic mass is 19.3. The average Bonchev–Trinajstić information content (AvgIpc) is 2.17. The molecule has 0 saturated carbocycles. The normalized spacial score (nSPS) is 13.6. The first kappa shape index (κ1) is 10.4. The molecule has 7 heteroatoms. The molecule has 0 aliphatic rings. The minimum Gasteiger partial charge on any atom is -0.477 e. The fraction of sp³-hybridized carbons (Fsp3) is 0.286. The van der Waals surface area contributed by atoms with E-state index in [1.807, 2.05) is 0 Å². The summed E-state index contributed by atoms with van der Waals surface area (Å²) in [5, 5.41) is 8.04. The van der Waals surface area contributed by atoms with E-state index in [0.29, 0.717) is 0 Å². The molecule has 1 aromatic rings. The maximum Gasteiger partial charge on any atom is 0.378 e. The average molecular weight is 206 g/mol. The van der Waals surface area contributed by atoms with E-state index in [-0.39, 0.29) is 0 Å². The van der Waals surface area contributed by atoms with E-state index in [4.69, 9.17) is 5.11 Å². The van der Waals surface area contributed by atoms with E-state index in [1.54, 1.807) is 0 Å². The summed E-state index contributed by atoms with van der Waals surface area (Å²) < 4.78 is 38.1. The Morgan fingerprint density at radius 2 is 1.93 bits per heavy atom. The number of carbonyl (C=O) groups is 1. The second-order valence-corrected chi connectivity index (χ2v) is 2.46. The molecule has 1 atom stereocenters. The summed E-state index contributed by atoms with van der Waals surface area (Å²) in [6.45, 7) is 0. The lowest BCUT2D eigenvalue weighted by atomic mass is 10.1. The van der Waals surface area contributed by atoms with Gasteiger partial charge in [-0.05, 0) is 0 Å². The molecule has 1 unspecified atom stereocenters. The van der Waals surface area contributed by atoms with Gasteiger partial charge in [-0.1, -0.05) is 0 Å². The van der Waals surface area contributed by atoms with E-state index < -0.39 is 23.6 Å². The van der Waals surface area contributed by atoms with Crippen LogP contribution in [0, 0.1) is 0 Å². The predicted molar refractivity (Wildman–Crippen MR) is 38.5 cm³/mol. The molecule has 0 aromatic carbocycles. The molecule has 1 heterocycles. The third-order valence-corrected chi connectivity index (χ3v) is 1.48. The van der Waals surface area contributed by atoms with Crippen LogP contribution in [0.15, 0.2) is 18.7 Å². The molecule has 0 amide bonds. The SMILES string of the molecule is O=C(O)C(F)(F)C(F)c1cncnc1. The number of rotatable bonds is 3. The highest BCUT2D eigenvalue weighted by Crippen LogP contribution is 2.34. The molecule has 0 saturated heterocycles. The summed E-state index contributed by atoms with van der Waals surface area (Å²) in [4.78, 5) is 16.6. The largest absolute Gasteiger partial charge is 0.477 e. The monoisotopic (exact) mass is 206 g/mol. The van der Waals surface area contributed by atoms with Crippen molar-refractivity contribution in [2.75, 3.05) is 0 Å². The van der Waals surface area contributed by atoms with Crippen molar-refractivity contribution < 1.29 is 23.1 Å². The van der Waals surface area contributed by atoms with Crippen molar-refractivity contribution in [1.82, 2.24) is 9.97 Å². The Hall–Kier alpha value is -1.66. The Bertz CT molecular complexity index is 331. The van der Waals surface area contributed by atoms with E-state index in [9.17, 15) is 18.0 Å². The topological polar surface area (TPSA) is 63.1 Å². The van der Waals surface area contributed by atoms with Crippen molar-refractivity contribution in [2.45, 2.75) is 12.1 Å². The number of alkyl halides is 3. The third-order valence-electron chi connectivity index (χ3n) is 1.48. The molecule has 14 heavy (non-hydrogen) atoms. The minimum absolute atomic E-state index is 0.570.